The van der Waals surface area contributed by atoms with E-state index in [1.165, 1.54) is 11.3 Å². The third-order valence-electron chi connectivity index (χ3n) is 2.91. The third-order valence-corrected chi connectivity index (χ3v) is 2.91. The summed E-state index contributed by atoms with van der Waals surface area (Å²) in [5, 5.41) is 3.42. The molecule has 0 spiro atoms. The van der Waals surface area contributed by atoms with Crippen molar-refractivity contribution in [1.82, 2.24) is 0 Å². The standard InChI is InChI=1S/C13H19NO/c1-4-7-15-10-5-6-12-11(8-10)13(2,3)9-14-12/h5-6,8,14H,4,7,9H2,1-3H3. The number of benzene rings is 1. The minimum atomic E-state index is 0.223. The van der Waals surface area contributed by atoms with Crippen LogP contribution in [-0.2, 0) is 5.41 Å². The van der Waals surface area contributed by atoms with Gasteiger partial charge in [0.25, 0.3) is 0 Å². The van der Waals surface area contributed by atoms with Crippen LogP contribution in [0.4, 0.5) is 5.69 Å². The van der Waals surface area contributed by atoms with Crippen LogP contribution in [-0.4, -0.2) is 13.2 Å². The highest BCUT2D eigenvalue weighted by Gasteiger charge is 2.29. The van der Waals surface area contributed by atoms with Crippen LogP contribution >= 0.6 is 0 Å². The highest BCUT2D eigenvalue weighted by atomic mass is 16.5. The molecule has 1 aromatic rings. The predicted molar refractivity (Wildman–Crippen MR) is 63.7 cm³/mol. The molecule has 0 atom stereocenters. The number of fused-ring (bicyclic) bond motifs is 1. The van der Waals surface area contributed by atoms with Gasteiger partial charge in [-0.2, -0.15) is 0 Å². The summed E-state index contributed by atoms with van der Waals surface area (Å²) >= 11 is 0. The first-order valence-corrected chi connectivity index (χ1v) is 5.65. The van der Waals surface area contributed by atoms with E-state index in [9.17, 15) is 0 Å². The quantitative estimate of drug-likeness (QED) is 0.818. The van der Waals surface area contributed by atoms with Crippen LogP contribution in [0.5, 0.6) is 5.75 Å². The third kappa shape index (κ3) is 1.94. The van der Waals surface area contributed by atoms with Gasteiger partial charge in [-0.25, -0.2) is 0 Å². The second kappa shape index (κ2) is 3.76. The van der Waals surface area contributed by atoms with Crippen molar-refractivity contribution in [3.8, 4) is 5.75 Å². The first kappa shape index (κ1) is 10.3. The monoisotopic (exact) mass is 205 g/mol. The zero-order chi connectivity index (χ0) is 10.9. The molecule has 0 unspecified atom stereocenters. The van der Waals surface area contributed by atoms with E-state index in [0.717, 1.165) is 25.3 Å². The average Bonchev–Trinajstić information content (AvgIpc) is 2.52. The zero-order valence-electron chi connectivity index (χ0n) is 9.76. The van der Waals surface area contributed by atoms with Gasteiger partial charge in [-0.05, 0) is 30.2 Å². The van der Waals surface area contributed by atoms with Gasteiger partial charge in [-0.1, -0.05) is 20.8 Å². The van der Waals surface area contributed by atoms with E-state index >= 15 is 0 Å². The summed E-state index contributed by atoms with van der Waals surface area (Å²) in [6.45, 7) is 8.45. The fourth-order valence-electron chi connectivity index (χ4n) is 1.96. The lowest BCUT2D eigenvalue weighted by atomic mass is 9.87. The van der Waals surface area contributed by atoms with Gasteiger partial charge in [0.2, 0.25) is 0 Å². The molecule has 0 aromatic heterocycles. The Morgan fingerprint density at radius 3 is 2.93 bits per heavy atom. The number of rotatable bonds is 3. The van der Waals surface area contributed by atoms with Crippen LogP contribution in [0.25, 0.3) is 0 Å². The summed E-state index contributed by atoms with van der Waals surface area (Å²) in [6.07, 6.45) is 1.05. The summed E-state index contributed by atoms with van der Waals surface area (Å²) in [5.74, 6) is 0.993. The van der Waals surface area contributed by atoms with E-state index < -0.39 is 0 Å². The number of ether oxygens (including phenoxy) is 1. The molecule has 0 bridgehead atoms. The molecule has 0 amide bonds. The van der Waals surface area contributed by atoms with Crippen molar-refractivity contribution in [2.24, 2.45) is 0 Å². The predicted octanol–water partition coefficient (Wildman–Crippen LogP) is 3.18. The van der Waals surface area contributed by atoms with Gasteiger partial charge >= 0.3 is 0 Å². The normalized spacial score (nSPS) is 17.0. The van der Waals surface area contributed by atoms with Crippen LogP contribution < -0.4 is 10.1 Å². The molecule has 1 heterocycles. The Morgan fingerprint density at radius 1 is 1.40 bits per heavy atom. The minimum absolute atomic E-state index is 0.223. The summed E-state index contributed by atoms with van der Waals surface area (Å²) in [5.41, 5.74) is 2.85. The molecule has 2 nitrogen and oxygen atoms in total. The van der Waals surface area contributed by atoms with Crippen LogP contribution in [0, 0.1) is 0 Å². The van der Waals surface area contributed by atoms with Gasteiger partial charge in [-0.3, -0.25) is 0 Å². The molecule has 0 radical (unpaired) electrons. The second-order valence-electron chi connectivity index (χ2n) is 4.79. The first-order chi connectivity index (χ1) is 7.13. The number of anilines is 1. The molecule has 0 saturated carbocycles. The Labute approximate surface area is 91.6 Å². The molecule has 1 aromatic carbocycles. The van der Waals surface area contributed by atoms with E-state index in [0.29, 0.717) is 0 Å². The van der Waals surface area contributed by atoms with Gasteiger partial charge in [-0.15, -0.1) is 0 Å². The van der Waals surface area contributed by atoms with E-state index in [2.05, 4.69) is 38.2 Å². The number of hydrogen-bond donors (Lipinski definition) is 1. The molecular formula is C13H19NO. The highest BCUT2D eigenvalue weighted by Crippen LogP contribution is 2.38. The van der Waals surface area contributed by atoms with Crippen molar-refractivity contribution >= 4 is 5.69 Å². The molecule has 1 N–H and O–H groups in total. The fourth-order valence-corrected chi connectivity index (χ4v) is 1.96. The second-order valence-corrected chi connectivity index (χ2v) is 4.79. The molecule has 1 aliphatic heterocycles. The van der Waals surface area contributed by atoms with Crippen molar-refractivity contribution in [2.45, 2.75) is 32.6 Å². The Kier molecular flexibility index (Phi) is 2.59. The largest absolute Gasteiger partial charge is 0.494 e. The summed E-state index contributed by atoms with van der Waals surface area (Å²) < 4.78 is 5.65. The van der Waals surface area contributed by atoms with Crippen LogP contribution in [0.3, 0.4) is 0 Å². The molecule has 0 aliphatic carbocycles. The van der Waals surface area contributed by atoms with Crippen LogP contribution in [0.15, 0.2) is 18.2 Å². The van der Waals surface area contributed by atoms with Crippen molar-refractivity contribution in [3.05, 3.63) is 23.8 Å². The van der Waals surface area contributed by atoms with E-state index in [1.807, 2.05) is 6.07 Å². The lowest BCUT2D eigenvalue weighted by Gasteiger charge is -2.17. The molecule has 15 heavy (non-hydrogen) atoms. The fraction of sp³-hybridized carbons (Fsp3) is 0.538. The smallest absolute Gasteiger partial charge is 0.119 e. The van der Waals surface area contributed by atoms with Crippen molar-refractivity contribution in [2.75, 3.05) is 18.5 Å². The maximum absolute atomic E-state index is 5.65. The van der Waals surface area contributed by atoms with Crippen LogP contribution in [0.1, 0.15) is 32.8 Å². The maximum atomic E-state index is 5.65. The first-order valence-electron chi connectivity index (χ1n) is 5.65. The SMILES string of the molecule is CCCOc1ccc2c(c1)C(C)(C)CN2. The molecule has 2 heteroatoms. The van der Waals surface area contributed by atoms with Gasteiger partial charge < -0.3 is 10.1 Å². The summed E-state index contributed by atoms with van der Waals surface area (Å²) in [4.78, 5) is 0. The lowest BCUT2D eigenvalue weighted by Crippen LogP contribution is -2.18. The summed E-state index contributed by atoms with van der Waals surface area (Å²) in [6, 6.07) is 6.34. The molecule has 0 saturated heterocycles. The van der Waals surface area contributed by atoms with E-state index in [1.54, 1.807) is 0 Å². The van der Waals surface area contributed by atoms with Crippen LogP contribution in [0.2, 0.25) is 0 Å². The Balaban J connectivity index is 2.25. The zero-order valence-corrected chi connectivity index (χ0v) is 9.76. The molecule has 2 rings (SSSR count). The Bertz CT molecular complexity index is 358. The van der Waals surface area contributed by atoms with Gasteiger partial charge in [0.1, 0.15) is 5.75 Å². The van der Waals surface area contributed by atoms with Crippen molar-refractivity contribution < 1.29 is 4.74 Å². The molecule has 0 fully saturated rings. The Hall–Kier alpha value is -1.18. The number of nitrogens with one attached hydrogen (secondary N) is 1. The highest BCUT2D eigenvalue weighted by molar-refractivity contribution is 5.61. The number of hydrogen-bond acceptors (Lipinski definition) is 2. The molecule has 82 valence electrons. The molecular weight excluding hydrogens is 186 g/mol. The van der Waals surface area contributed by atoms with E-state index in [-0.39, 0.29) is 5.41 Å². The van der Waals surface area contributed by atoms with Crippen molar-refractivity contribution in [3.63, 3.8) is 0 Å². The van der Waals surface area contributed by atoms with E-state index in [4.69, 9.17) is 4.74 Å². The molecule has 1 aliphatic rings. The topological polar surface area (TPSA) is 21.3 Å². The maximum Gasteiger partial charge on any atom is 0.119 e. The van der Waals surface area contributed by atoms with Gasteiger partial charge in [0.15, 0.2) is 0 Å². The summed E-state index contributed by atoms with van der Waals surface area (Å²) in [7, 11) is 0. The lowest BCUT2D eigenvalue weighted by molar-refractivity contribution is 0.317. The Morgan fingerprint density at radius 2 is 2.20 bits per heavy atom. The average molecular weight is 205 g/mol. The minimum Gasteiger partial charge on any atom is -0.494 e. The van der Waals surface area contributed by atoms with Gasteiger partial charge in [0, 0.05) is 17.6 Å². The van der Waals surface area contributed by atoms with Crippen molar-refractivity contribution in [1.29, 1.82) is 0 Å². The van der Waals surface area contributed by atoms with Gasteiger partial charge in [0.05, 0.1) is 6.61 Å².